The van der Waals surface area contributed by atoms with Gasteiger partial charge in [-0.15, -0.1) is 6.58 Å². The third kappa shape index (κ3) is 2.87. The number of rotatable bonds is 4. The Bertz CT molecular complexity index is 283. The van der Waals surface area contributed by atoms with E-state index in [4.69, 9.17) is 11.6 Å². The van der Waals surface area contributed by atoms with Crippen LogP contribution in [-0.2, 0) is 0 Å². The molecule has 70 valence electrons. The van der Waals surface area contributed by atoms with Crippen LogP contribution in [0.25, 0.3) is 0 Å². The van der Waals surface area contributed by atoms with E-state index in [1.807, 2.05) is 31.3 Å². The Kier molecular flexibility index (Phi) is 4.00. The molecular weight excluding hydrogens is 182 g/mol. The fourth-order valence-electron chi connectivity index (χ4n) is 1.31. The second kappa shape index (κ2) is 5.05. The minimum Gasteiger partial charge on any atom is -0.313 e. The SMILES string of the molecule is C=CCC(NC)c1cccc(Cl)c1. The number of benzene rings is 1. The topological polar surface area (TPSA) is 12.0 Å². The molecule has 13 heavy (non-hydrogen) atoms. The lowest BCUT2D eigenvalue weighted by Gasteiger charge is -2.14. The van der Waals surface area contributed by atoms with Gasteiger partial charge < -0.3 is 5.32 Å². The van der Waals surface area contributed by atoms with Gasteiger partial charge in [-0.3, -0.25) is 0 Å². The maximum atomic E-state index is 5.89. The molecule has 1 aromatic rings. The highest BCUT2D eigenvalue weighted by atomic mass is 35.5. The average molecular weight is 196 g/mol. The molecule has 0 fully saturated rings. The van der Waals surface area contributed by atoms with Gasteiger partial charge in [0.25, 0.3) is 0 Å². The van der Waals surface area contributed by atoms with Crippen LogP contribution in [0, 0.1) is 0 Å². The fourth-order valence-corrected chi connectivity index (χ4v) is 1.51. The van der Waals surface area contributed by atoms with Crippen LogP contribution < -0.4 is 5.32 Å². The van der Waals surface area contributed by atoms with Crippen molar-refractivity contribution in [3.8, 4) is 0 Å². The molecule has 1 N–H and O–H groups in total. The second-order valence-electron chi connectivity index (χ2n) is 2.92. The van der Waals surface area contributed by atoms with Gasteiger partial charge in [-0.05, 0) is 31.2 Å². The largest absolute Gasteiger partial charge is 0.313 e. The molecule has 0 amide bonds. The van der Waals surface area contributed by atoms with Crippen molar-refractivity contribution < 1.29 is 0 Å². The van der Waals surface area contributed by atoms with Crippen molar-refractivity contribution in [2.24, 2.45) is 0 Å². The fraction of sp³-hybridized carbons (Fsp3) is 0.273. The minimum atomic E-state index is 0.316. The molecule has 0 radical (unpaired) electrons. The summed E-state index contributed by atoms with van der Waals surface area (Å²) in [4.78, 5) is 0. The predicted octanol–water partition coefficient (Wildman–Crippen LogP) is 3.18. The van der Waals surface area contributed by atoms with E-state index in [1.165, 1.54) is 5.56 Å². The molecule has 0 aliphatic rings. The predicted molar refractivity (Wildman–Crippen MR) is 58.1 cm³/mol. The van der Waals surface area contributed by atoms with Crippen LogP contribution in [-0.4, -0.2) is 7.05 Å². The van der Waals surface area contributed by atoms with Crippen molar-refractivity contribution in [1.29, 1.82) is 0 Å². The molecule has 0 spiro atoms. The van der Waals surface area contributed by atoms with Gasteiger partial charge in [-0.1, -0.05) is 29.8 Å². The van der Waals surface area contributed by atoms with E-state index in [2.05, 4.69) is 18.0 Å². The molecule has 0 aromatic heterocycles. The zero-order valence-electron chi connectivity index (χ0n) is 7.76. The summed E-state index contributed by atoms with van der Waals surface area (Å²) in [6, 6.07) is 8.20. The number of nitrogens with one attached hydrogen (secondary N) is 1. The van der Waals surface area contributed by atoms with Crippen molar-refractivity contribution in [3.05, 3.63) is 47.5 Å². The smallest absolute Gasteiger partial charge is 0.0409 e. The highest BCUT2D eigenvalue weighted by Crippen LogP contribution is 2.20. The van der Waals surface area contributed by atoms with Crippen molar-refractivity contribution in [3.63, 3.8) is 0 Å². The molecule has 1 rings (SSSR count). The Morgan fingerprint density at radius 1 is 1.62 bits per heavy atom. The molecular formula is C11H14ClN. The molecule has 0 aliphatic heterocycles. The maximum Gasteiger partial charge on any atom is 0.0409 e. The highest BCUT2D eigenvalue weighted by Gasteiger charge is 2.06. The summed E-state index contributed by atoms with van der Waals surface area (Å²) in [5.41, 5.74) is 1.20. The van der Waals surface area contributed by atoms with E-state index >= 15 is 0 Å². The third-order valence-electron chi connectivity index (χ3n) is 2.00. The van der Waals surface area contributed by atoms with Crippen molar-refractivity contribution in [2.45, 2.75) is 12.5 Å². The van der Waals surface area contributed by atoms with Crippen LogP contribution in [0.3, 0.4) is 0 Å². The van der Waals surface area contributed by atoms with Crippen LogP contribution in [0.15, 0.2) is 36.9 Å². The lowest BCUT2D eigenvalue weighted by atomic mass is 10.0. The van der Waals surface area contributed by atoms with Gasteiger partial charge in [0.15, 0.2) is 0 Å². The van der Waals surface area contributed by atoms with Gasteiger partial charge in [-0.25, -0.2) is 0 Å². The zero-order chi connectivity index (χ0) is 9.68. The quantitative estimate of drug-likeness (QED) is 0.728. The highest BCUT2D eigenvalue weighted by molar-refractivity contribution is 6.30. The van der Waals surface area contributed by atoms with Gasteiger partial charge in [0, 0.05) is 11.1 Å². The van der Waals surface area contributed by atoms with Gasteiger partial charge >= 0.3 is 0 Å². The Balaban J connectivity index is 2.84. The standard InChI is InChI=1S/C11H14ClN/c1-3-5-11(13-2)9-6-4-7-10(12)8-9/h3-4,6-8,11,13H,1,5H2,2H3. The molecule has 1 unspecified atom stereocenters. The molecule has 0 bridgehead atoms. The van der Waals surface area contributed by atoms with Crippen LogP contribution in [0.1, 0.15) is 18.0 Å². The monoisotopic (exact) mass is 195 g/mol. The minimum absolute atomic E-state index is 0.316. The molecule has 0 aliphatic carbocycles. The summed E-state index contributed by atoms with van der Waals surface area (Å²) in [6.45, 7) is 3.72. The third-order valence-corrected chi connectivity index (χ3v) is 2.24. The lowest BCUT2D eigenvalue weighted by molar-refractivity contribution is 0.604. The summed E-state index contributed by atoms with van der Waals surface area (Å²) < 4.78 is 0. The normalized spacial score (nSPS) is 12.5. The second-order valence-corrected chi connectivity index (χ2v) is 3.36. The molecule has 0 saturated heterocycles. The van der Waals surface area contributed by atoms with E-state index in [1.54, 1.807) is 0 Å². The van der Waals surface area contributed by atoms with Crippen LogP contribution in [0.4, 0.5) is 0 Å². The van der Waals surface area contributed by atoms with Crippen molar-refractivity contribution in [1.82, 2.24) is 5.32 Å². The Labute approximate surface area is 84.4 Å². The molecule has 2 heteroatoms. The van der Waals surface area contributed by atoms with E-state index in [9.17, 15) is 0 Å². The Morgan fingerprint density at radius 3 is 2.92 bits per heavy atom. The first-order valence-corrected chi connectivity index (χ1v) is 4.69. The first-order chi connectivity index (χ1) is 6.27. The summed E-state index contributed by atoms with van der Waals surface area (Å²) in [5, 5.41) is 4.00. The van der Waals surface area contributed by atoms with E-state index in [-0.39, 0.29) is 0 Å². The van der Waals surface area contributed by atoms with Gasteiger partial charge in [0.1, 0.15) is 0 Å². The molecule has 0 saturated carbocycles. The maximum absolute atomic E-state index is 5.89. The first-order valence-electron chi connectivity index (χ1n) is 4.31. The van der Waals surface area contributed by atoms with Crippen molar-refractivity contribution in [2.75, 3.05) is 7.05 Å². The first kappa shape index (κ1) is 10.3. The summed E-state index contributed by atoms with van der Waals surface area (Å²) in [7, 11) is 1.94. The van der Waals surface area contributed by atoms with Crippen molar-refractivity contribution >= 4 is 11.6 Å². The molecule has 1 aromatic carbocycles. The number of hydrogen-bond acceptors (Lipinski definition) is 1. The van der Waals surface area contributed by atoms with E-state index < -0.39 is 0 Å². The summed E-state index contributed by atoms with van der Waals surface area (Å²) >= 11 is 5.89. The summed E-state index contributed by atoms with van der Waals surface area (Å²) in [5.74, 6) is 0. The lowest BCUT2D eigenvalue weighted by Crippen LogP contribution is -2.15. The Morgan fingerprint density at radius 2 is 2.38 bits per heavy atom. The number of hydrogen-bond donors (Lipinski definition) is 1. The number of halogens is 1. The average Bonchev–Trinajstić information content (AvgIpc) is 2.14. The van der Waals surface area contributed by atoms with E-state index in [0.29, 0.717) is 6.04 Å². The van der Waals surface area contributed by atoms with Crippen LogP contribution >= 0.6 is 11.6 Å². The van der Waals surface area contributed by atoms with Gasteiger partial charge in [0.05, 0.1) is 0 Å². The van der Waals surface area contributed by atoms with Crippen LogP contribution in [0.5, 0.6) is 0 Å². The molecule has 0 heterocycles. The summed E-state index contributed by atoms with van der Waals surface area (Å²) in [6.07, 6.45) is 2.82. The zero-order valence-corrected chi connectivity index (χ0v) is 8.51. The Hall–Kier alpha value is -0.790. The van der Waals surface area contributed by atoms with Crippen LogP contribution in [0.2, 0.25) is 5.02 Å². The molecule has 1 nitrogen and oxygen atoms in total. The van der Waals surface area contributed by atoms with Gasteiger partial charge in [0.2, 0.25) is 0 Å². The molecule has 1 atom stereocenters. The van der Waals surface area contributed by atoms with E-state index in [0.717, 1.165) is 11.4 Å². The van der Waals surface area contributed by atoms with Gasteiger partial charge in [-0.2, -0.15) is 0 Å².